The standard InChI is InChI=1S/C9H7/c1-2-5-9-7-3-6-8(9)4-1/h1-2,4,6-7H,5H2. The summed E-state index contributed by atoms with van der Waals surface area (Å²) in [6, 6.07) is 0. The molecule has 43 valence electrons. The lowest BCUT2D eigenvalue weighted by Gasteiger charge is -2.03. The van der Waals surface area contributed by atoms with E-state index in [2.05, 4.69) is 30.4 Å². The summed E-state index contributed by atoms with van der Waals surface area (Å²) in [4.78, 5) is 0. The van der Waals surface area contributed by atoms with Gasteiger partial charge in [0.25, 0.3) is 0 Å². The second-order valence-electron chi connectivity index (χ2n) is 2.23. The van der Waals surface area contributed by atoms with E-state index >= 15 is 0 Å². The van der Waals surface area contributed by atoms with E-state index in [9.17, 15) is 0 Å². The van der Waals surface area contributed by atoms with Crippen molar-refractivity contribution >= 4 is 0 Å². The molecule has 0 nitrogen and oxygen atoms in total. The Bertz CT molecular complexity index is 237. The highest BCUT2D eigenvalue weighted by Crippen LogP contribution is 2.24. The van der Waals surface area contributed by atoms with Gasteiger partial charge >= 0.3 is 0 Å². The van der Waals surface area contributed by atoms with E-state index < -0.39 is 0 Å². The van der Waals surface area contributed by atoms with Crippen LogP contribution < -0.4 is 0 Å². The Morgan fingerprint density at radius 1 is 1.44 bits per heavy atom. The minimum atomic E-state index is 1.08. The van der Waals surface area contributed by atoms with Crippen LogP contribution in [0, 0.1) is 6.08 Å². The fourth-order valence-electron chi connectivity index (χ4n) is 1.11. The van der Waals surface area contributed by atoms with Gasteiger partial charge in [-0.2, -0.15) is 0 Å². The van der Waals surface area contributed by atoms with E-state index in [4.69, 9.17) is 0 Å². The van der Waals surface area contributed by atoms with Crippen molar-refractivity contribution in [3.63, 3.8) is 0 Å². The Labute approximate surface area is 54.9 Å². The molecule has 1 radical (unpaired) electrons. The van der Waals surface area contributed by atoms with Crippen molar-refractivity contribution in [3.05, 3.63) is 47.6 Å². The predicted octanol–water partition coefficient (Wildman–Crippen LogP) is 2.17. The summed E-state index contributed by atoms with van der Waals surface area (Å²) < 4.78 is 0. The molecule has 0 unspecified atom stereocenters. The Morgan fingerprint density at radius 3 is 3.33 bits per heavy atom. The monoisotopic (exact) mass is 115 g/mol. The van der Waals surface area contributed by atoms with Gasteiger partial charge in [-0.25, -0.2) is 0 Å². The quantitative estimate of drug-likeness (QED) is 0.454. The molecule has 0 N–H and O–H groups in total. The lowest BCUT2D eigenvalue weighted by atomic mass is 10.0. The van der Waals surface area contributed by atoms with Crippen LogP contribution in [0.3, 0.4) is 0 Å². The first-order chi connectivity index (χ1) is 4.47. The summed E-state index contributed by atoms with van der Waals surface area (Å²) in [7, 11) is 0. The van der Waals surface area contributed by atoms with Crippen LogP contribution in [0.5, 0.6) is 0 Å². The van der Waals surface area contributed by atoms with Crippen LogP contribution >= 0.6 is 0 Å². The van der Waals surface area contributed by atoms with Gasteiger partial charge in [-0.3, -0.25) is 0 Å². The first-order valence-electron chi connectivity index (χ1n) is 3.12. The van der Waals surface area contributed by atoms with Gasteiger partial charge in [-0.05, 0) is 29.7 Å². The van der Waals surface area contributed by atoms with E-state index in [-0.39, 0.29) is 0 Å². The van der Waals surface area contributed by atoms with Crippen molar-refractivity contribution < 1.29 is 0 Å². The van der Waals surface area contributed by atoms with Crippen LogP contribution in [-0.2, 0) is 0 Å². The highest BCUT2D eigenvalue weighted by Gasteiger charge is 2.05. The van der Waals surface area contributed by atoms with E-state index in [1.807, 2.05) is 6.08 Å². The second-order valence-corrected chi connectivity index (χ2v) is 2.23. The molecule has 2 aliphatic carbocycles. The molecule has 0 heteroatoms. The number of hydrogen-bond donors (Lipinski definition) is 0. The zero-order valence-electron chi connectivity index (χ0n) is 5.09. The van der Waals surface area contributed by atoms with E-state index in [0.29, 0.717) is 0 Å². The summed E-state index contributed by atoms with van der Waals surface area (Å²) in [6.07, 6.45) is 14.6. The molecule has 2 rings (SSSR count). The molecule has 0 fully saturated rings. The highest BCUT2D eigenvalue weighted by molar-refractivity contribution is 5.50. The lowest BCUT2D eigenvalue weighted by molar-refractivity contribution is 1.24. The minimum absolute atomic E-state index is 1.08. The molecule has 9 heavy (non-hydrogen) atoms. The average Bonchev–Trinajstić information content (AvgIpc) is 2.33. The molecule has 0 aromatic carbocycles. The summed E-state index contributed by atoms with van der Waals surface area (Å²) in [5, 5.41) is 0. The summed E-state index contributed by atoms with van der Waals surface area (Å²) in [5.41, 5.74) is 2.73. The van der Waals surface area contributed by atoms with Crippen LogP contribution in [0.2, 0.25) is 0 Å². The van der Waals surface area contributed by atoms with Crippen molar-refractivity contribution in [1.82, 2.24) is 0 Å². The minimum Gasteiger partial charge on any atom is -0.0801 e. The Balaban J connectivity index is 2.46. The topological polar surface area (TPSA) is 0 Å². The maximum atomic E-state index is 3.07. The van der Waals surface area contributed by atoms with E-state index in [1.54, 1.807) is 0 Å². The Hall–Kier alpha value is -1.04. The number of hydrogen-bond acceptors (Lipinski definition) is 0. The van der Waals surface area contributed by atoms with Gasteiger partial charge in [0.1, 0.15) is 0 Å². The molecule has 2 aliphatic rings. The zero-order valence-corrected chi connectivity index (χ0v) is 5.09. The van der Waals surface area contributed by atoms with Crippen molar-refractivity contribution in [1.29, 1.82) is 0 Å². The highest BCUT2D eigenvalue weighted by atomic mass is 14.1. The van der Waals surface area contributed by atoms with Crippen LogP contribution in [0.25, 0.3) is 0 Å². The molecule has 0 amide bonds. The fraction of sp³-hybridized carbons (Fsp3) is 0.111. The second kappa shape index (κ2) is 1.73. The van der Waals surface area contributed by atoms with Gasteiger partial charge in [0.15, 0.2) is 0 Å². The molecular formula is C9H7. The van der Waals surface area contributed by atoms with Gasteiger partial charge in [-0.15, -0.1) is 0 Å². The van der Waals surface area contributed by atoms with Gasteiger partial charge in [0.05, 0.1) is 0 Å². The van der Waals surface area contributed by atoms with E-state index in [1.165, 1.54) is 11.1 Å². The molecule has 0 aromatic heterocycles. The molecule has 0 aliphatic heterocycles. The lowest BCUT2D eigenvalue weighted by Crippen LogP contribution is -1.84. The first-order valence-corrected chi connectivity index (χ1v) is 3.12. The third kappa shape index (κ3) is 0.672. The van der Waals surface area contributed by atoms with Gasteiger partial charge in [0, 0.05) is 0 Å². The first kappa shape index (κ1) is 4.80. The van der Waals surface area contributed by atoms with Crippen molar-refractivity contribution in [3.8, 4) is 0 Å². The van der Waals surface area contributed by atoms with Crippen molar-refractivity contribution in [2.24, 2.45) is 0 Å². The Morgan fingerprint density at radius 2 is 2.44 bits per heavy atom. The third-order valence-corrected chi connectivity index (χ3v) is 1.62. The number of allylic oxidation sites excluding steroid dienone is 8. The van der Waals surface area contributed by atoms with Gasteiger partial charge in [0.2, 0.25) is 0 Å². The SMILES string of the molecule is [C]1=CC2=CC=CCC2=C1. The van der Waals surface area contributed by atoms with Gasteiger partial charge < -0.3 is 0 Å². The van der Waals surface area contributed by atoms with Crippen LogP contribution in [0.1, 0.15) is 6.42 Å². The number of fused-ring (bicyclic) bond motifs is 1. The molecule has 0 atom stereocenters. The van der Waals surface area contributed by atoms with Crippen LogP contribution in [-0.4, -0.2) is 0 Å². The zero-order chi connectivity index (χ0) is 6.10. The van der Waals surface area contributed by atoms with Gasteiger partial charge in [-0.1, -0.05) is 24.3 Å². The molecule has 0 aromatic rings. The van der Waals surface area contributed by atoms with Crippen molar-refractivity contribution in [2.45, 2.75) is 6.42 Å². The normalized spacial score (nSPS) is 21.3. The molecule has 0 heterocycles. The summed E-state index contributed by atoms with van der Waals surface area (Å²) in [6.45, 7) is 0. The maximum absolute atomic E-state index is 3.07. The smallest absolute Gasteiger partial charge is 0.00882 e. The molecule has 0 saturated carbocycles. The van der Waals surface area contributed by atoms with Crippen LogP contribution in [0.15, 0.2) is 41.5 Å². The molecule has 0 saturated heterocycles. The summed E-state index contributed by atoms with van der Waals surface area (Å²) >= 11 is 0. The third-order valence-electron chi connectivity index (χ3n) is 1.62. The molecule has 0 bridgehead atoms. The average molecular weight is 115 g/mol. The molecule has 0 spiro atoms. The fourth-order valence-corrected chi connectivity index (χ4v) is 1.11. The Kier molecular flexibility index (Phi) is 0.922. The largest absolute Gasteiger partial charge is 0.0801 e. The molecular weight excluding hydrogens is 108 g/mol. The van der Waals surface area contributed by atoms with Crippen molar-refractivity contribution in [2.75, 3.05) is 0 Å². The van der Waals surface area contributed by atoms with Crippen LogP contribution in [0.4, 0.5) is 0 Å². The predicted molar refractivity (Wildman–Crippen MR) is 37.7 cm³/mol. The van der Waals surface area contributed by atoms with E-state index in [0.717, 1.165) is 6.42 Å². The summed E-state index contributed by atoms with van der Waals surface area (Å²) in [5.74, 6) is 0. The maximum Gasteiger partial charge on any atom is -0.00882 e. The number of rotatable bonds is 0.